The highest BCUT2D eigenvalue weighted by Crippen LogP contribution is 2.29. The van der Waals surface area contributed by atoms with Gasteiger partial charge in [0, 0.05) is 30.7 Å². The molecule has 8 heteroatoms. The summed E-state index contributed by atoms with van der Waals surface area (Å²) in [5, 5.41) is 5.70. The zero-order valence-corrected chi connectivity index (χ0v) is 17.7. The molecule has 1 aromatic rings. The molecule has 0 bridgehead atoms. The molecule has 2 unspecified atom stereocenters. The van der Waals surface area contributed by atoms with Gasteiger partial charge in [0.1, 0.15) is 11.9 Å². The number of hydrogen-bond acceptors (Lipinski definition) is 4. The van der Waals surface area contributed by atoms with E-state index in [1.165, 1.54) is 6.92 Å². The lowest BCUT2D eigenvalue weighted by Crippen LogP contribution is -2.54. The van der Waals surface area contributed by atoms with Crippen LogP contribution in [0.4, 0.5) is 5.82 Å². The first-order valence-corrected chi connectivity index (χ1v) is 10.7. The van der Waals surface area contributed by atoms with Crippen molar-refractivity contribution in [3.8, 4) is 0 Å². The van der Waals surface area contributed by atoms with Gasteiger partial charge in [-0.05, 0) is 59.7 Å². The third-order valence-corrected chi connectivity index (χ3v) is 6.05. The van der Waals surface area contributed by atoms with E-state index in [0.29, 0.717) is 18.9 Å². The Morgan fingerprint density at radius 2 is 1.93 bits per heavy atom. The van der Waals surface area contributed by atoms with Crippen LogP contribution in [-0.4, -0.2) is 46.7 Å². The Morgan fingerprint density at radius 1 is 1.18 bits per heavy atom. The SMILES string of the molecule is CC(=O)NC(C(=O)N1CCCC(C(=O)Nc2ccc(Br)cn2)C1)C1CCCC1. The normalized spacial score (nSPS) is 21.2. The molecule has 2 heterocycles. The second-order valence-corrected chi connectivity index (χ2v) is 8.61. The van der Waals surface area contributed by atoms with Gasteiger partial charge in [-0.1, -0.05) is 12.8 Å². The third-order valence-electron chi connectivity index (χ3n) is 5.58. The molecule has 28 heavy (non-hydrogen) atoms. The molecular weight excluding hydrogens is 424 g/mol. The molecule has 1 saturated heterocycles. The van der Waals surface area contributed by atoms with E-state index in [1.54, 1.807) is 17.2 Å². The number of amides is 3. The Bertz CT molecular complexity index is 719. The van der Waals surface area contributed by atoms with Gasteiger partial charge in [-0.25, -0.2) is 4.98 Å². The van der Waals surface area contributed by atoms with Crippen molar-refractivity contribution in [1.82, 2.24) is 15.2 Å². The minimum atomic E-state index is -0.477. The molecule has 2 N–H and O–H groups in total. The third kappa shape index (κ3) is 5.31. The van der Waals surface area contributed by atoms with E-state index in [0.717, 1.165) is 43.0 Å². The fourth-order valence-electron chi connectivity index (χ4n) is 4.16. The molecule has 1 saturated carbocycles. The summed E-state index contributed by atoms with van der Waals surface area (Å²) in [5.41, 5.74) is 0. The second-order valence-electron chi connectivity index (χ2n) is 7.70. The van der Waals surface area contributed by atoms with Gasteiger partial charge in [0.15, 0.2) is 0 Å². The number of aromatic nitrogens is 1. The van der Waals surface area contributed by atoms with E-state index >= 15 is 0 Å². The number of carbonyl (C=O) groups is 3. The van der Waals surface area contributed by atoms with Crippen molar-refractivity contribution in [3.05, 3.63) is 22.8 Å². The monoisotopic (exact) mass is 450 g/mol. The Hall–Kier alpha value is -1.96. The van der Waals surface area contributed by atoms with Crippen LogP contribution in [-0.2, 0) is 14.4 Å². The smallest absolute Gasteiger partial charge is 0.245 e. The van der Waals surface area contributed by atoms with E-state index in [2.05, 4.69) is 31.5 Å². The van der Waals surface area contributed by atoms with E-state index in [-0.39, 0.29) is 29.6 Å². The fourth-order valence-corrected chi connectivity index (χ4v) is 4.39. The average molecular weight is 451 g/mol. The lowest BCUT2D eigenvalue weighted by molar-refractivity contribution is -0.140. The molecule has 152 valence electrons. The number of piperidine rings is 1. The number of nitrogens with zero attached hydrogens (tertiary/aromatic N) is 2. The summed E-state index contributed by atoms with van der Waals surface area (Å²) in [6.07, 6.45) is 7.26. The maximum absolute atomic E-state index is 13.1. The predicted octanol–water partition coefficient (Wildman–Crippen LogP) is 2.72. The molecule has 0 aromatic carbocycles. The van der Waals surface area contributed by atoms with Crippen molar-refractivity contribution in [2.24, 2.45) is 11.8 Å². The van der Waals surface area contributed by atoms with E-state index in [9.17, 15) is 14.4 Å². The van der Waals surface area contributed by atoms with Crippen molar-refractivity contribution in [2.75, 3.05) is 18.4 Å². The Balaban J connectivity index is 1.63. The maximum atomic E-state index is 13.1. The van der Waals surface area contributed by atoms with Crippen LogP contribution in [0.25, 0.3) is 0 Å². The molecule has 2 aliphatic rings. The number of likely N-dealkylation sites (tertiary alicyclic amines) is 1. The van der Waals surface area contributed by atoms with Crippen LogP contribution in [0.1, 0.15) is 45.4 Å². The highest BCUT2D eigenvalue weighted by Gasteiger charge is 2.37. The fraction of sp³-hybridized carbons (Fsp3) is 0.600. The maximum Gasteiger partial charge on any atom is 0.245 e. The zero-order valence-electron chi connectivity index (χ0n) is 16.1. The summed E-state index contributed by atoms with van der Waals surface area (Å²) in [5.74, 6) is 0.0597. The zero-order chi connectivity index (χ0) is 20.1. The Kier molecular flexibility index (Phi) is 7.04. The highest BCUT2D eigenvalue weighted by molar-refractivity contribution is 9.10. The standard InChI is InChI=1S/C20H27BrN4O3/c1-13(26)23-18(14-5-2-3-6-14)20(28)25-10-4-7-15(12-25)19(27)24-17-9-8-16(21)11-22-17/h8-9,11,14-15,18H,2-7,10,12H2,1H3,(H,23,26)(H,22,24,27). The van der Waals surface area contributed by atoms with Crippen LogP contribution in [0, 0.1) is 11.8 Å². The van der Waals surface area contributed by atoms with Gasteiger partial charge in [0.25, 0.3) is 0 Å². The van der Waals surface area contributed by atoms with Gasteiger partial charge >= 0.3 is 0 Å². The quantitative estimate of drug-likeness (QED) is 0.721. The molecule has 1 aliphatic heterocycles. The van der Waals surface area contributed by atoms with Gasteiger partial charge in [-0.2, -0.15) is 0 Å². The summed E-state index contributed by atoms with van der Waals surface area (Å²) in [4.78, 5) is 43.4. The highest BCUT2D eigenvalue weighted by atomic mass is 79.9. The summed E-state index contributed by atoms with van der Waals surface area (Å²) in [7, 11) is 0. The van der Waals surface area contributed by atoms with Crippen LogP contribution < -0.4 is 10.6 Å². The molecule has 2 fully saturated rings. The summed E-state index contributed by atoms with van der Waals surface area (Å²) in [6.45, 7) is 2.46. The first-order chi connectivity index (χ1) is 13.4. The van der Waals surface area contributed by atoms with Crippen molar-refractivity contribution in [3.63, 3.8) is 0 Å². The largest absolute Gasteiger partial charge is 0.344 e. The van der Waals surface area contributed by atoms with Crippen molar-refractivity contribution < 1.29 is 14.4 Å². The Morgan fingerprint density at radius 3 is 2.57 bits per heavy atom. The minimum Gasteiger partial charge on any atom is -0.344 e. The number of hydrogen-bond donors (Lipinski definition) is 2. The molecule has 0 spiro atoms. The summed E-state index contributed by atoms with van der Waals surface area (Å²) >= 11 is 3.32. The summed E-state index contributed by atoms with van der Waals surface area (Å²) in [6, 6.07) is 3.08. The first-order valence-electron chi connectivity index (χ1n) is 9.92. The molecule has 2 atom stereocenters. The number of carbonyl (C=O) groups excluding carboxylic acids is 3. The summed E-state index contributed by atoms with van der Waals surface area (Å²) < 4.78 is 0.843. The van der Waals surface area contributed by atoms with Gasteiger partial charge < -0.3 is 15.5 Å². The number of halogens is 1. The number of anilines is 1. The lowest BCUT2D eigenvalue weighted by Gasteiger charge is -2.36. The predicted molar refractivity (Wildman–Crippen MR) is 109 cm³/mol. The van der Waals surface area contributed by atoms with E-state index < -0.39 is 6.04 Å². The Labute approximate surface area is 173 Å². The molecule has 3 amide bonds. The van der Waals surface area contributed by atoms with Gasteiger partial charge in [-0.15, -0.1) is 0 Å². The molecular formula is C20H27BrN4O3. The number of nitrogens with one attached hydrogen (secondary N) is 2. The van der Waals surface area contributed by atoms with Crippen molar-refractivity contribution in [2.45, 2.75) is 51.5 Å². The minimum absolute atomic E-state index is 0.0543. The average Bonchev–Trinajstić information content (AvgIpc) is 3.22. The van der Waals surface area contributed by atoms with Crippen LogP contribution in [0.5, 0.6) is 0 Å². The van der Waals surface area contributed by atoms with Crippen LogP contribution in [0.15, 0.2) is 22.8 Å². The first kappa shape index (κ1) is 20.8. The second kappa shape index (κ2) is 9.49. The van der Waals surface area contributed by atoms with Gasteiger partial charge in [-0.3, -0.25) is 14.4 Å². The van der Waals surface area contributed by atoms with E-state index in [4.69, 9.17) is 0 Å². The van der Waals surface area contributed by atoms with Crippen molar-refractivity contribution >= 4 is 39.5 Å². The van der Waals surface area contributed by atoms with Gasteiger partial charge in [0.05, 0.1) is 5.92 Å². The van der Waals surface area contributed by atoms with Crippen LogP contribution in [0.2, 0.25) is 0 Å². The van der Waals surface area contributed by atoms with Gasteiger partial charge in [0.2, 0.25) is 17.7 Å². The molecule has 1 aromatic heterocycles. The molecule has 3 rings (SSSR count). The van der Waals surface area contributed by atoms with Crippen molar-refractivity contribution in [1.29, 1.82) is 0 Å². The van der Waals surface area contributed by atoms with Crippen LogP contribution in [0.3, 0.4) is 0 Å². The topological polar surface area (TPSA) is 91.4 Å². The molecule has 0 radical (unpaired) electrons. The molecule has 7 nitrogen and oxygen atoms in total. The van der Waals surface area contributed by atoms with E-state index in [1.807, 2.05) is 6.07 Å². The molecule has 1 aliphatic carbocycles. The number of pyridine rings is 1. The lowest BCUT2D eigenvalue weighted by atomic mass is 9.93. The number of rotatable bonds is 5. The van der Waals surface area contributed by atoms with Crippen LogP contribution >= 0.6 is 15.9 Å².